The van der Waals surface area contributed by atoms with Crippen LogP contribution in [0.2, 0.25) is 0 Å². The van der Waals surface area contributed by atoms with Gasteiger partial charge in [0.25, 0.3) is 0 Å². The number of nitrogens with zero attached hydrogens (tertiary/aromatic N) is 1. The predicted molar refractivity (Wildman–Crippen MR) is 53.9 cm³/mol. The van der Waals surface area contributed by atoms with E-state index < -0.39 is 5.54 Å². The van der Waals surface area contributed by atoms with E-state index in [0.29, 0.717) is 12.4 Å². The lowest BCUT2D eigenvalue weighted by molar-refractivity contribution is -0.123. The lowest BCUT2D eigenvalue weighted by Gasteiger charge is -2.07. The molecule has 0 atom stereocenters. The number of carbonyl (C=O) groups excluding carboxylic acids is 1. The van der Waals surface area contributed by atoms with Gasteiger partial charge in [0.05, 0.1) is 18.3 Å². The Kier molecular flexibility index (Phi) is 2.48. The van der Waals surface area contributed by atoms with Crippen LogP contribution in [0.5, 0.6) is 0 Å². The SMILES string of the molecule is CCc1cnc(CNC(=O)C2(N)CC2)o1. The molecular weight excluding hydrogens is 194 g/mol. The molecule has 0 radical (unpaired) electrons. The van der Waals surface area contributed by atoms with Gasteiger partial charge in [-0.2, -0.15) is 0 Å². The molecule has 82 valence electrons. The Morgan fingerprint density at radius 3 is 3.00 bits per heavy atom. The Hall–Kier alpha value is -1.36. The molecule has 0 spiro atoms. The molecule has 15 heavy (non-hydrogen) atoms. The predicted octanol–water partition coefficient (Wildman–Crippen LogP) is 0.344. The largest absolute Gasteiger partial charge is 0.444 e. The minimum Gasteiger partial charge on any atom is -0.444 e. The molecule has 1 aromatic heterocycles. The summed E-state index contributed by atoms with van der Waals surface area (Å²) in [7, 11) is 0. The van der Waals surface area contributed by atoms with E-state index in [1.807, 2.05) is 6.92 Å². The summed E-state index contributed by atoms with van der Waals surface area (Å²) in [6.45, 7) is 2.31. The van der Waals surface area contributed by atoms with Crippen molar-refractivity contribution in [1.29, 1.82) is 0 Å². The van der Waals surface area contributed by atoms with Crippen LogP contribution in [0.25, 0.3) is 0 Å². The van der Waals surface area contributed by atoms with Gasteiger partial charge in [0.1, 0.15) is 5.76 Å². The first-order valence-corrected chi connectivity index (χ1v) is 5.15. The molecule has 1 saturated carbocycles. The third-order valence-electron chi connectivity index (χ3n) is 2.59. The summed E-state index contributed by atoms with van der Waals surface area (Å²) in [4.78, 5) is 15.5. The van der Waals surface area contributed by atoms with Crippen LogP contribution in [0, 0.1) is 0 Å². The summed E-state index contributed by atoms with van der Waals surface area (Å²) in [5, 5.41) is 2.72. The van der Waals surface area contributed by atoms with E-state index in [2.05, 4.69) is 10.3 Å². The zero-order valence-electron chi connectivity index (χ0n) is 8.75. The van der Waals surface area contributed by atoms with Crippen LogP contribution in [-0.4, -0.2) is 16.4 Å². The van der Waals surface area contributed by atoms with E-state index in [9.17, 15) is 4.79 Å². The molecule has 1 heterocycles. The average Bonchev–Trinajstić information content (AvgIpc) is 2.83. The minimum atomic E-state index is -0.625. The first-order valence-electron chi connectivity index (χ1n) is 5.15. The first-order chi connectivity index (χ1) is 7.14. The van der Waals surface area contributed by atoms with Gasteiger partial charge in [-0.3, -0.25) is 4.79 Å². The molecule has 2 rings (SSSR count). The van der Waals surface area contributed by atoms with Crippen LogP contribution < -0.4 is 11.1 Å². The number of hydrogen-bond acceptors (Lipinski definition) is 4. The monoisotopic (exact) mass is 209 g/mol. The van der Waals surface area contributed by atoms with Gasteiger partial charge < -0.3 is 15.5 Å². The van der Waals surface area contributed by atoms with Crippen molar-refractivity contribution in [2.24, 2.45) is 5.73 Å². The number of carbonyl (C=O) groups is 1. The number of amides is 1. The van der Waals surface area contributed by atoms with E-state index in [4.69, 9.17) is 10.2 Å². The van der Waals surface area contributed by atoms with Crippen LogP contribution in [0.3, 0.4) is 0 Å². The molecule has 0 unspecified atom stereocenters. The fourth-order valence-electron chi connectivity index (χ4n) is 1.29. The maximum atomic E-state index is 11.5. The van der Waals surface area contributed by atoms with Gasteiger partial charge >= 0.3 is 0 Å². The molecule has 0 aliphatic heterocycles. The maximum Gasteiger partial charge on any atom is 0.240 e. The molecule has 0 bridgehead atoms. The molecule has 1 aromatic rings. The lowest BCUT2D eigenvalue weighted by atomic mass is 10.3. The van der Waals surface area contributed by atoms with Crippen LogP contribution in [0.4, 0.5) is 0 Å². The summed E-state index contributed by atoms with van der Waals surface area (Å²) in [5.41, 5.74) is 5.10. The van der Waals surface area contributed by atoms with Crippen molar-refractivity contribution in [3.05, 3.63) is 17.8 Å². The number of aryl methyl sites for hydroxylation is 1. The van der Waals surface area contributed by atoms with Gasteiger partial charge in [-0.25, -0.2) is 4.98 Å². The standard InChI is InChI=1S/C10H15N3O2/c1-2-7-5-12-8(15-7)6-13-9(14)10(11)3-4-10/h5H,2-4,6,11H2,1H3,(H,13,14). The highest BCUT2D eigenvalue weighted by atomic mass is 16.4. The molecule has 3 N–H and O–H groups in total. The van der Waals surface area contributed by atoms with Gasteiger partial charge in [0.2, 0.25) is 11.8 Å². The Bertz CT molecular complexity index is 368. The van der Waals surface area contributed by atoms with Crippen molar-refractivity contribution in [3.63, 3.8) is 0 Å². The van der Waals surface area contributed by atoms with Crippen LogP contribution in [-0.2, 0) is 17.8 Å². The Morgan fingerprint density at radius 1 is 1.73 bits per heavy atom. The van der Waals surface area contributed by atoms with Gasteiger partial charge in [0.15, 0.2) is 0 Å². The number of nitrogens with one attached hydrogen (secondary N) is 1. The van der Waals surface area contributed by atoms with E-state index in [1.165, 1.54) is 0 Å². The smallest absolute Gasteiger partial charge is 0.240 e. The van der Waals surface area contributed by atoms with E-state index in [-0.39, 0.29) is 5.91 Å². The third-order valence-corrected chi connectivity index (χ3v) is 2.59. The van der Waals surface area contributed by atoms with E-state index in [0.717, 1.165) is 25.0 Å². The number of rotatable bonds is 4. The highest BCUT2D eigenvalue weighted by molar-refractivity contribution is 5.88. The van der Waals surface area contributed by atoms with Crippen molar-refractivity contribution in [2.45, 2.75) is 38.3 Å². The molecule has 1 aliphatic rings. The molecule has 5 nitrogen and oxygen atoms in total. The number of hydrogen-bond donors (Lipinski definition) is 2. The fraction of sp³-hybridized carbons (Fsp3) is 0.600. The molecule has 1 aliphatic carbocycles. The average molecular weight is 209 g/mol. The van der Waals surface area contributed by atoms with Crippen molar-refractivity contribution in [2.75, 3.05) is 0 Å². The maximum absolute atomic E-state index is 11.5. The zero-order valence-corrected chi connectivity index (χ0v) is 8.75. The Balaban J connectivity index is 1.85. The van der Waals surface area contributed by atoms with E-state index >= 15 is 0 Å². The highest BCUT2D eigenvalue weighted by Gasteiger charge is 2.45. The highest BCUT2D eigenvalue weighted by Crippen LogP contribution is 2.32. The molecule has 1 fully saturated rings. The topological polar surface area (TPSA) is 81.2 Å². The Labute approximate surface area is 88.0 Å². The van der Waals surface area contributed by atoms with Crippen molar-refractivity contribution < 1.29 is 9.21 Å². The van der Waals surface area contributed by atoms with Crippen LogP contribution in [0.15, 0.2) is 10.6 Å². The molecule has 0 saturated heterocycles. The number of nitrogens with two attached hydrogens (primary N) is 1. The van der Waals surface area contributed by atoms with Crippen LogP contribution >= 0.6 is 0 Å². The summed E-state index contributed by atoms with van der Waals surface area (Å²) in [6.07, 6.45) is 4.02. The van der Waals surface area contributed by atoms with Crippen molar-refractivity contribution in [3.8, 4) is 0 Å². The summed E-state index contributed by atoms with van der Waals surface area (Å²) >= 11 is 0. The van der Waals surface area contributed by atoms with E-state index in [1.54, 1.807) is 6.20 Å². The molecule has 1 amide bonds. The number of aromatic nitrogens is 1. The molecule has 0 aromatic carbocycles. The van der Waals surface area contributed by atoms with Gasteiger partial charge in [-0.1, -0.05) is 6.92 Å². The summed E-state index contributed by atoms with van der Waals surface area (Å²) in [6, 6.07) is 0. The minimum absolute atomic E-state index is 0.112. The summed E-state index contributed by atoms with van der Waals surface area (Å²) in [5.74, 6) is 1.25. The third kappa shape index (κ3) is 2.18. The van der Waals surface area contributed by atoms with Gasteiger partial charge in [-0.05, 0) is 12.8 Å². The lowest BCUT2D eigenvalue weighted by Crippen LogP contribution is -2.42. The first kappa shape index (κ1) is 10.2. The quantitative estimate of drug-likeness (QED) is 0.749. The Morgan fingerprint density at radius 2 is 2.47 bits per heavy atom. The second kappa shape index (κ2) is 3.66. The number of oxazole rings is 1. The van der Waals surface area contributed by atoms with Crippen molar-refractivity contribution in [1.82, 2.24) is 10.3 Å². The zero-order chi connectivity index (χ0) is 10.9. The second-order valence-corrected chi connectivity index (χ2v) is 3.91. The van der Waals surface area contributed by atoms with Crippen molar-refractivity contribution >= 4 is 5.91 Å². The second-order valence-electron chi connectivity index (χ2n) is 3.91. The van der Waals surface area contributed by atoms with Gasteiger partial charge in [0, 0.05) is 6.42 Å². The molecule has 5 heteroatoms. The van der Waals surface area contributed by atoms with Crippen LogP contribution in [0.1, 0.15) is 31.4 Å². The normalized spacial score (nSPS) is 17.5. The van der Waals surface area contributed by atoms with Gasteiger partial charge in [-0.15, -0.1) is 0 Å². The summed E-state index contributed by atoms with van der Waals surface area (Å²) < 4.78 is 5.35. The molecular formula is C10H15N3O2. The fourth-order valence-corrected chi connectivity index (χ4v) is 1.29.